The van der Waals surface area contributed by atoms with Gasteiger partial charge in [0, 0.05) is 22.6 Å². The molecule has 1 aliphatic carbocycles. The standard InChI is InChI=1S/C18H24BrNO3/c1-23-17(21)12-13-20(16-6-4-2-3-5-7-16)18(22)14-8-10-15(19)11-9-14/h8-11,16H,2-7,12-13H2,1H3. The van der Waals surface area contributed by atoms with Crippen LogP contribution in [0.3, 0.4) is 0 Å². The lowest BCUT2D eigenvalue weighted by atomic mass is 10.0. The molecule has 0 N–H and O–H groups in total. The predicted molar refractivity (Wildman–Crippen MR) is 93.3 cm³/mol. The number of benzene rings is 1. The molecule has 0 aliphatic heterocycles. The van der Waals surface area contributed by atoms with E-state index < -0.39 is 0 Å². The highest BCUT2D eigenvalue weighted by molar-refractivity contribution is 9.10. The van der Waals surface area contributed by atoms with Crippen LogP contribution in [0.1, 0.15) is 55.3 Å². The first-order valence-corrected chi connectivity index (χ1v) is 9.04. The summed E-state index contributed by atoms with van der Waals surface area (Å²) in [7, 11) is 1.38. The lowest BCUT2D eigenvalue weighted by molar-refractivity contribution is -0.140. The van der Waals surface area contributed by atoms with Crippen LogP contribution < -0.4 is 0 Å². The van der Waals surface area contributed by atoms with Crippen LogP contribution in [0.4, 0.5) is 0 Å². The van der Waals surface area contributed by atoms with Crippen molar-refractivity contribution in [2.24, 2.45) is 0 Å². The van der Waals surface area contributed by atoms with E-state index in [1.807, 2.05) is 29.2 Å². The van der Waals surface area contributed by atoms with Crippen LogP contribution in [0.25, 0.3) is 0 Å². The van der Waals surface area contributed by atoms with E-state index in [-0.39, 0.29) is 24.3 Å². The van der Waals surface area contributed by atoms with Gasteiger partial charge in [-0.15, -0.1) is 0 Å². The van der Waals surface area contributed by atoms with Crippen LogP contribution in [0, 0.1) is 0 Å². The number of rotatable bonds is 5. The van der Waals surface area contributed by atoms with Gasteiger partial charge in [0.25, 0.3) is 5.91 Å². The average molecular weight is 382 g/mol. The number of ether oxygens (including phenoxy) is 1. The molecule has 126 valence electrons. The van der Waals surface area contributed by atoms with Gasteiger partial charge in [0.15, 0.2) is 0 Å². The SMILES string of the molecule is COC(=O)CCN(C(=O)c1ccc(Br)cc1)C1CCCCCC1. The summed E-state index contributed by atoms with van der Waals surface area (Å²) in [6.07, 6.45) is 7.03. The van der Waals surface area contributed by atoms with Gasteiger partial charge >= 0.3 is 5.97 Å². The highest BCUT2D eigenvalue weighted by atomic mass is 79.9. The summed E-state index contributed by atoms with van der Waals surface area (Å²) < 4.78 is 5.68. The number of halogens is 1. The van der Waals surface area contributed by atoms with E-state index in [1.165, 1.54) is 20.0 Å². The van der Waals surface area contributed by atoms with Crippen molar-refractivity contribution in [3.8, 4) is 0 Å². The first kappa shape index (κ1) is 18.0. The first-order valence-electron chi connectivity index (χ1n) is 8.25. The highest BCUT2D eigenvalue weighted by Gasteiger charge is 2.26. The second-order valence-corrected chi connectivity index (χ2v) is 6.89. The minimum atomic E-state index is -0.271. The van der Waals surface area contributed by atoms with Crippen molar-refractivity contribution in [3.63, 3.8) is 0 Å². The molecule has 0 bridgehead atoms. The summed E-state index contributed by atoms with van der Waals surface area (Å²) in [6.45, 7) is 0.423. The Morgan fingerprint density at radius 3 is 2.30 bits per heavy atom. The van der Waals surface area contributed by atoms with Crippen LogP contribution >= 0.6 is 15.9 Å². The lowest BCUT2D eigenvalue weighted by Crippen LogP contribution is -2.41. The molecular formula is C18H24BrNO3. The zero-order valence-electron chi connectivity index (χ0n) is 13.6. The quantitative estimate of drug-likeness (QED) is 0.567. The van der Waals surface area contributed by atoms with Gasteiger partial charge in [0.2, 0.25) is 0 Å². The Bertz CT molecular complexity index is 522. The van der Waals surface area contributed by atoms with Crippen molar-refractivity contribution < 1.29 is 14.3 Å². The monoisotopic (exact) mass is 381 g/mol. The number of hydrogen-bond acceptors (Lipinski definition) is 3. The molecule has 0 aromatic heterocycles. The van der Waals surface area contributed by atoms with Gasteiger partial charge in [-0.2, -0.15) is 0 Å². The van der Waals surface area contributed by atoms with E-state index in [2.05, 4.69) is 15.9 Å². The molecule has 5 heteroatoms. The molecule has 1 fully saturated rings. The van der Waals surface area contributed by atoms with Gasteiger partial charge in [-0.25, -0.2) is 0 Å². The number of nitrogens with zero attached hydrogens (tertiary/aromatic N) is 1. The van der Waals surface area contributed by atoms with Crippen LogP contribution in [0.2, 0.25) is 0 Å². The second-order valence-electron chi connectivity index (χ2n) is 5.98. The third-order valence-corrected chi connectivity index (χ3v) is 4.93. The fourth-order valence-corrected chi connectivity index (χ4v) is 3.36. The minimum absolute atomic E-state index is 0.00769. The highest BCUT2D eigenvalue weighted by Crippen LogP contribution is 2.24. The number of carbonyl (C=O) groups is 2. The van der Waals surface area contributed by atoms with Gasteiger partial charge in [-0.05, 0) is 37.1 Å². The zero-order valence-corrected chi connectivity index (χ0v) is 15.2. The molecule has 0 unspecified atom stereocenters. The van der Waals surface area contributed by atoms with Gasteiger partial charge in [-0.3, -0.25) is 9.59 Å². The molecule has 0 atom stereocenters. The van der Waals surface area contributed by atoms with Crippen LogP contribution in [0.15, 0.2) is 28.7 Å². The van der Waals surface area contributed by atoms with Crippen LogP contribution in [0.5, 0.6) is 0 Å². The number of methoxy groups -OCH3 is 1. The molecule has 0 spiro atoms. The molecule has 4 nitrogen and oxygen atoms in total. The van der Waals surface area contributed by atoms with E-state index in [9.17, 15) is 9.59 Å². The largest absolute Gasteiger partial charge is 0.469 e. The number of carbonyl (C=O) groups excluding carboxylic acids is 2. The Kier molecular flexibility index (Phi) is 7.09. The maximum absolute atomic E-state index is 12.9. The number of amides is 1. The maximum atomic E-state index is 12.9. The van der Waals surface area contributed by atoms with Crippen molar-refractivity contribution in [2.75, 3.05) is 13.7 Å². The number of hydrogen-bond donors (Lipinski definition) is 0. The molecule has 23 heavy (non-hydrogen) atoms. The normalized spacial score (nSPS) is 15.7. The van der Waals surface area contributed by atoms with E-state index in [4.69, 9.17) is 4.74 Å². The molecule has 1 amide bonds. The summed E-state index contributed by atoms with van der Waals surface area (Å²) in [5.74, 6) is -0.263. The Morgan fingerprint density at radius 2 is 1.74 bits per heavy atom. The zero-order chi connectivity index (χ0) is 16.7. The fourth-order valence-electron chi connectivity index (χ4n) is 3.09. The first-order chi connectivity index (χ1) is 11.1. The minimum Gasteiger partial charge on any atom is -0.469 e. The summed E-state index contributed by atoms with van der Waals surface area (Å²) in [5, 5.41) is 0. The number of esters is 1. The molecule has 1 saturated carbocycles. The topological polar surface area (TPSA) is 46.6 Å². The van der Waals surface area contributed by atoms with E-state index in [0.29, 0.717) is 12.1 Å². The third-order valence-electron chi connectivity index (χ3n) is 4.40. The van der Waals surface area contributed by atoms with Crippen LogP contribution in [-0.4, -0.2) is 36.5 Å². The molecule has 2 rings (SSSR count). The smallest absolute Gasteiger partial charge is 0.307 e. The summed E-state index contributed by atoms with van der Waals surface area (Å²) in [6, 6.07) is 7.62. The third kappa shape index (κ3) is 5.34. The van der Waals surface area contributed by atoms with Crippen molar-refractivity contribution in [3.05, 3.63) is 34.3 Å². The molecule has 0 heterocycles. The summed E-state index contributed by atoms with van der Waals surface area (Å²) >= 11 is 3.39. The summed E-state index contributed by atoms with van der Waals surface area (Å²) in [5.41, 5.74) is 0.669. The molecular weight excluding hydrogens is 358 g/mol. The molecule has 1 aromatic rings. The Hall–Kier alpha value is -1.36. The summed E-state index contributed by atoms with van der Waals surface area (Å²) in [4.78, 5) is 26.3. The van der Waals surface area contributed by atoms with Gasteiger partial charge in [-0.1, -0.05) is 41.6 Å². The Labute approximate surface area is 146 Å². The van der Waals surface area contributed by atoms with Gasteiger partial charge in [0.05, 0.1) is 13.5 Å². The van der Waals surface area contributed by atoms with E-state index >= 15 is 0 Å². The maximum Gasteiger partial charge on any atom is 0.307 e. The van der Waals surface area contributed by atoms with Crippen molar-refractivity contribution in [2.45, 2.75) is 51.0 Å². The lowest BCUT2D eigenvalue weighted by Gasteiger charge is -2.31. The van der Waals surface area contributed by atoms with E-state index in [1.54, 1.807) is 0 Å². The second kappa shape index (κ2) is 9.06. The molecule has 0 radical (unpaired) electrons. The predicted octanol–water partition coefficient (Wildman–Crippen LogP) is 4.18. The Morgan fingerprint density at radius 1 is 1.13 bits per heavy atom. The molecule has 0 saturated heterocycles. The van der Waals surface area contributed by atoms with E-state index in [0.717, 1.165) is 30.2 Å². The van der Waals surface area contributed by atoms with Crippen molar-refractivity contribution in [1.29, 1.82) is 0 Å². The van der Waals surface area contributed by atoms with Crippen molar-refractivity contribution in [1.82, 2.24) is 4.90 Å². The molecule has 1 aliphatic rings. The van der Waals surface area contributed by atoms with Gasteiger partial charge in [0.1, 0.15) is 0 Å². The Balaban J connectivity index is 2.14. The van der Waals surface area contributed by atoms with Crippen LogP contribution in [-0.2, 0) is 9.53 Å². The average Bonchev–Trinajstić information content (AvgIpc) is 2.84. The molecule has 1 aromatic carbocycles. The van der Waals surface area contributed by atoms with Gasteiger partial charge < -0.3 is 9.64 Å². The fraction of sp³-hybridized carbons (Fsp3) is 0.556. The van der Waals surface area contributed by atoms with Crippen molar-refractivity contribution >= 4 is 27.8 Å².